The van der Waals surface area contributed by atoms with Crippen LogP contribution >= 0.6 is 11.8 Å². The third-order valence-corrected chi connectivity index (χ3v) is 5.67. The molecular weight excluding hydrogens is 380 g/mol. The number of hydrogen-bond acceptors (Lipinski definition) is 4. The van der Waals surface area contributed by atoms with Crippen LogP contribution in [0.5, 0.6) is 0 Å². The highest BCUT2D eigenvalue weighted by atomic mass is 32.2. The lowest BCUT2D eigenvalue weighted by molar-refractivity contribution is -0.119. The molecule has 5 nitrogen and oxygen atoms in total. The summed E-state index contributed by atoms with van der Waals surface area (Å²) in [6, 6.07) is 16.5. The molecule has 0 fully saturated rings. The SMILES string of the molecule is Cc1ccccc1-n1cnnc1SCC(=O)N[C@@H](C)c1ccc(CC(C)C)cc1. The molecule has 0 spiro atoms. The lowest BCUT2D eigenvalue weighted by Crippen LogP contribution is -2.28. The van der Waals surface area contributed by atoms with Gasteiger partial charge in [0.15, 0.2) is 5.16 Å². The Bertz CT molecular complexity index is 950. The standard InChI is InChI=1S/C23H28N4OS/c1-16(2)13-19-9-11-20(12-10-19)18(4)25-22(28)14-29-23-26-24-15-27(23)21-8-6-5-7-17(21)3/h5-12,15-16,18H,13-14H2,1-4H3,(H,25,28)/t18-/m0/s1. The predicted octanol–water partition coefficient (Wildman–Crippen LogP) is 4.74. The van der Waals surface area contributed by atoms with Crippen LogP contribution in [0.25, 0.3) is 5.69 Å². The first-order chi connectivity index (χ1) is 13.9. The minimum absolute atomic E-state index is 0.0203. The van der Waals surface area contributed by atoms with Crippen LogP contribution in [0.2, 0.25) is 0 Å². The van der Waals surface area contributed by atoms with Gasteiger partial charge in [-0.3, -0.25) is 9.36 Å². The van der Waals surface area contributed by atoms with Crippen molar-refractivity contribution < 1.29 is 4.79 Å². The Morgan fingerprint density at radius 3 is 2.52 bits per heavy atom. The monoisotopic (exact) mass is 408 g/mol. The summed E-state index contributed by atoms with van der Waals surface area (Å²) in [5, 5.41) is 12.0. The quantitative estimate of drug-likeness (QED) is 0.547. The number of nitrogens with one attached hydrogen (secondary N) is 1. The molecule has 0 aliphatic carbocycles. The number of hydrogen-bond donors (Lipinski definition) is 1. The van der Waals surface area contributed by atoms with Crippen molar-refractivity contribution in [3.05, 3.63) is 71.5 Å². The second-order valence-electron chi connectivity index (χ2n) is 7.69. The lowest BCUT2D eigenvalue weighted by atomic mass is 10.00. The number of aromatic nitrogens is 3. The molecule has 29 heavy (non-hydrogen) atoms. The fraction of sp³-hybridized carbons (Fsp3) is 0.348. The van der Waals surface area contributed by atoms with Gasteiger partial charge >= 0.3 is 0 Å². The lowest BCUT2D eigenvalue weighted by Gasteiger charge is -2.15. The van der Waals surface area contributed by atoms with E-state index in [1.165, 1.54) is 17.3 Å². The van der Waals surface area contributed by atoms with E-state index in [0.717, 1.165) is 23.2 Å². The van der Waals surface area contributed by atoms with Crippen LogP contribution in [0, 0.1) is 12.8 Å². The molecule has 3 aromatic rings. The Kier molecular flexibility index (Phi) is 7.09. The molecule has 1 atom stereocenters. The molecule has 0 saturated heterocycles. The van der Waals surface area contributed by atoms with Crippen LogP contribution < -0.4 is 5.32 Å². The first-order valence-electron chi connectivity index (χ1n) is 9.91. The highest BCUT2D eigenvalue weighted by Gasteiger charge is 2.14. The smallest absolute Gasteiger partial charge is 0.230 e. The van der Waals surface area contributed by atoms with Crippen LogP contribution in [-0.2, 0) is 11.2 Å². The maximum atomic E-state index is 12.5. The Morgan fingerprint density at radius 2 is 1.83 bits per heavy atom. The molecule has 0 bridgehead atoms. The number of aryl methyl sites for hydroxylation is 1. The molecule has 0 saturated carbocycles. The van der Waals surface area contributed by atoms with E-state index in [2.05, 4.69) is 53.6 Å². The number of amides is 1. The molecule has 0 aliphatic rings. The Labute approximate surface area is 176 Å². The van der Waals surface area contributed by atoms with Gasteiger partial charge in [0.1, 0.15) is 6.33 Å². The van der Waals surface area contributed by atoms with Crippen molar-refractivity contribution in [2.75, 3.05) is 5.75 Å². The molecule has 0 unspecified atom stereocenters. The van der Waals surface area contributed by atoms with E-state index < -0.39 is 0 Å². The summed E-state index contributed by atoms with van der Waals surface area (Å²) >= 11 is 1.39. The third kappa shape index (κ3) is 5.70. The topological polar surface area (TPSA) is 59.8 Å². The van der Waals surface area contributed by atoms with Crippen molar-refractivity contribution in [1.29, 1.82) is 0 Å². The zero-order valence-corrected chi connectivity index (χ0v) is 18.2. The summed E-state index contributed by atoms with van der Waals surface area (Å²) < 4.78 is 1.92. The van der Waals surface area contributed by atoms with E-state index >= 15 is 0 Å². The minimum atomic E-state index is -0.0366. The van der Waals surface area contributed by atoms with Gasteiger partial charge in [-0.1, -0.05) is 68.1 Å². The van der Waals surface area contributed by atoms with Crippen LogP contribution in [0.3, 0.4) is 0 Å². The number of para-hydroxylation sites is 1. The van der Waals surface area contributed by atoms with Gasteiger partial charge in [0.2, 0.25) is 5.91 Å². The van der Waals surface area contributed by atoms with Gasteiger partial charge in [0.25, 0.3) is 0 Å². The molecule has 152 valence electrons. The van der Waals surface area contributed by atoms with Gasteiger partial charge in [-0.05, 0) is 48.9 Å². The van der Waals surface area contributed by atoms with Crippen LogP contribution in [0.4, 0.5) is 0 Å². The Morgan fingerprint density at radius 1 is 1.10 bits per heavy atom. The molecule has 0 aliphatic heterocycles. The zero-order valence-electron chi connectivity index (χ0n) is 17.4. The van der Waals surface area contributed by atoms with Gasteiger partial charge in [0.05, 0.1) is 17.5 Å². The minimum Gasteiger partial charge on any atom is -0.349 e. The number of rotatable bonds is 8. The highest BCUT2D eigenvalue weighted by molar-refractivity contribution is 7.99. The molecule has 1 aromatic heterocycles. The third-order valence-electron chi connectivity index (χ3n) is 4.72. The maximum absolute atomic E-state index is 12.5. The van der Waals surface area contributed by atoms with Crippen LogP contribution in [-0.4, -0.2) is 26.4 Å². The fourth-order valence-electron chi connectivity index (χ4n) is 3.23. The fourth-order valence-corrected chi connectivity index (χ4v) is 3.97. The van der Waals surface area contributed by atoms with Crippen molar-refractivity contribution in [2.24, 2.45) is 5.92 Å². The maximum Gasteiger partial charge on any atom is 0.230 e. The van der Waals surface area contributed by atoms with Gasteiger partial charge in [0, 0.05) is 0 Å². The van der Waals surface area contributed by atoms with Gasteiger partial charge in [-0.15, -0.1) is 10.2 Å². The highest BCUT2D eigenvalue weighted by Crippen LogP contribution is 2.22. The summed E-state index contributed by atoms with van der Waals surface area (Å²) in [4.78, 5) is 12.5. The van der Waals surface area contributed by atoms with Crippen molar-refractivity contribution in [3.63, 3.8) is 0 Å². The first kappa shape index (κ1) is 21.1. The molecule has 1 N–H and O–H groups in total. The Balaban J connectivity index is 1.57. The summed E-state index contributed by atoms with van der Waals surface area (Å²) in [6.45, 7) is 8.49. The molecule has 6 heteroatoms. The van der Waals surface area contributed by atoms with Crippen molar-refractivity contribution in [1.82, 2.24) is 20.1 Å². The van der Waals surface area contributed by atoms with E-state index in [0.29, 0.717) is 16.8 Å². The van der Waals surface area contributed by atoms with E-state index in [1.807, 2.05) is 42.7 Å². The van der Waals surface area contributed by atoms with E-state index in [4.69, 9.17) is 0 Å². The summed E-state index contributed by atoms with van der Waals surface area (Å²) in [6.07, 6.45) is 2.75. The molecule has 3 rings (SSSR count). The van der Waals surface area contributed by atoms with Crippen molar-refractivity contribution in [3.8, 4) is 5.69 Å². The second-order valence-corrected chi connectivity index (χ2v) is 8.63. The van der Waals surface area contributed by atoms with Gasteiger partial charge in [-0.2, -0.15) is 0 Å². The molecule has 1 amide bonds. The molecule has 0 radical (unpaired) electrons. The molecular formula is C23H28N4OS. The second kappa shape index (κ2) is 9.74. The normalized spacial score (nSPS) is 12.2. The number of carbonyl (C=O) groups is 1. The van der Waals surface area contributed by atoms with Crippen LogP contribution in [0.1, 0.15) is 43.5 Å². The molecule has 1 heterocycles. The first-order valence-corrected chi connectivity index (χ1v) is 10.9. The summed E-state index contributed by atoms with van der Waals surface area (Å²) in [5.41, 5.74) is 4.59. The van der Waals surface area contributed by atoms with E-state index in [1.54, 1.807) is 6.33 Å². The number of benzene rings is 2. The zero-order chi connectivity index (χ0) is 20.8. The van der Waals surface area contributed by atoms with E-state index in [-0.39, 0.29) is 11.9 Å². The van der Waals surface area contributed by atoms with Gasteiger partial charge in [-0.25, -0.2) is 0 Å². The average Bonchev–Trinajstić information content (AvgIpc) is 3.15. The molecule has 2 aromatic carbocycles. The summed E-state index contributed by atoms with van der Waals surface area (Å²) in [5.74, 6) is 0.908. The van der Waals surface area contributed by atoms with Gasteiger partial charge < -0.3 is 5.32 Å². The van der Waals surface area contributed by atoms with Crippen LogP contribution in [0.15, 0.2) is 60.0 Å². The van der Waals surface area contributed by atoms with Crippen molar-refractivity contribution >= 4 is 17.7 Å². The summed E-state index contributed by atoms with van der Waals surface area (Å²) in [7, 11) is 0. The predicted molar refractivity (Wildman–Crippen MR) is 118 cm³/mol. The largest absolute Gasteiger partial charge is 0.349 e. The average molecular weight is 409 g/mol. The number of nitrogens with zero attached hydrogens (tertiary/aromatic N) is 3. The van der Waals surface area contributed by atoms with Crippen molar-refractivity contribution in [2.45, 2.75) is 45.3 Å². The van der Waals surface area contributed by atoms with E-state index in [9.17, 15) is 4.79 Å². The number of carbonyl (C=O) groups excluding carboxylic acids is 1. The Hall–Kier alpha value is -2.60. The number of thioether (sulfide) groups is 1.